The first kappa shape index (κ1) is 13.2. The van der Waals surface area contributed by atoms with Crippen LogP contribution in [-0.4, -0.2) is 21.3 Å². The van der Waals surface area contributed by atoms with E-state index in [0.29, 0.717) is 12.0 Å². The van der Waals surface area contributed by atoms with E-state index in [4.69, 9.17) is 0 Å². The molecule has 1 unspecified atom stereocenters. The molecule has 2 heterocycles. The van der Waals surface area contributed by atoms with Gasteiger partial charge in [-0.1, -0.05) is 31.5 Å². The summed E-state index contributed by atoms with van der Waals surface area (Å²) < 4.78 is 15.9. The van der Waals surface area contributed by atoms with Crippen LogP contribution in [0.3, 0.4) is 0 Å². The third-order valence-electron chi connectivity index (χ3n) is 3.78. The minimum absolute atomic E-state index is 0.177. The van der Waals surface area contributed by atoms with Crippen LogP contribution in [0.5, 0.6) is 0 Å². The van der Waals surface area contributed by atoms with Gasteiger partial charge < -0.3 is 9.88 Å². The fourth-order valence-corrected chi connectivity index (χ4v) is 2.76. The van der Waals surface area contributed by atoms with E-state index in [9.17, 15) is 4.39 Å². The zero-order chi connectivity index (χ0) is 13.9. The van der Waals surface area contributed by atoms with Gasteiger partial charge in [0.2, 0.25) is 0 Å². The van der Waals surface area contributed by atoms with Gasteiger partial charge >= 0.3 is 0 Å². The Hall–Kier alpha value is -1.75. The Morgan fingerprint density at radius 3 is 3.00 bits per heavy atom. The van der Waals surface area contributed by atoms with Crippen molar-refractivity contribution in [1.29, 1.82) is 0 Å². The number of benzene rings is 1. The quantitative estimate of drug-likeness (QED) is 0.931. The Labute approximate surface area is 118 Å². The summed E-state index contributed by atoms with van der Waals surface area (Å²) in [7, 11) is 0. The summed E-state index contributed by atoms with van der Waals surface area (Å²) in [6, 6.07) is 7.13. The molecule has 3 rings (SSSR count). The maximum atomic E-state index is 13.7. The summed E-state index contributed by atoms with van der Waals surface area (Å²) in [6.45, 7) is 3.93. The van der Waals surface area contributed by atoms with E-state index in [1.54, 1.807) is 6.07 Å². The first-order valence-electron chi connectivity index (χ1n) is 7.18. The first-order valence-corrected chi connectivity index (χ1v) is 7.18. The molecule has 0 fully saturated rings. The van der Waals surface area contributed by atoms with Crippen molar-refractivity contribution < 1.29 is 4.39 Å². The van der Waals surface area contributed by atoms with Gasteiger partial charge in [0.1, 0.15) is 17.5 Å². The van der Waals surface area contributed by atoms with E-state index < -0.39 is 0 Å². The maximum absolute atomic E-state index is 13.7. The number of nitrogens with one attached hydrogen (secondary N) is 1. The van der Waals surface area contributed by atoms with Gasteiger partial charge in [0.25, 0.3) is 0 Å². The lowest BCUT2D eigenvalue weighted by Gasteiger charge is -2.24. The van der Waals surface area contributed by atoms with Gasteiger partial charge in [-0.2, -0.15) is 0 Å². The summed E-state index contributed by atoms with van der Waals surface area (Å²) in [4.78, 5) is 0. The molecule has 0 amide bonds. The SMILES string of the molecule is CCCC1NCCn2c(Cc3ccccc3F)nnc21. The van der Waals surface area contributed by atoms with Gasteiger partial charge in [0, 0.05) is 19.5 Å². The van der Waals surface area contributed by atoms with Crippen LogP contribution in [0.25, 0.3) is 0 Å². The van der Waals surface area contributed by atoms with E-state index in [0.717, 1.165) is 37.6 Å². The predicted molar refractivity (Wildman–Crippen MR) is 74.9 cm³/mol. The van der Waals surface area contributed by atoms with E-state index in [1.165, 1.54) is 6.07 Å². The summed E-state index contributed by atoms with van der Waals surface area (Å²) in [5.41, 5.74) is 0.674. The van der Waals surface area contributed by atoms with Crippen molar-refractivity contribution in [1.82, 2.24) is 20.1 Å². The molecule has 4 nitrogen and oxygen atoms in total. The van der Waals surface area contributed by atoms with Crippen molar-refractivity contribution >= 4 is 0 Å². The van der Waals surface area contributed by atoms with Crippen LogP contribution in [0.1, 0.15) is 43.0 Å². The van der Waals surface area contributed by atoms with Crippen LogP contribution in [0, 0.1) is 5.82 Å². The monoisotopic (exact) mass is 274 g/mol. The highest BCUT2D eigenvalue weighted by Gasteiger charge is 2.24. The summed E-state index contributed by atoms with van der Waals surface area (Å²) in [6.07, 6.45) is 2.66. The lowest BCUT2D eigenvalue weighted by atomic mass is 10.1. The van der Waals surface area contributed by atoms with Crippen molar-refractivity contribution in [3.8, 4) is 0 Å². The van der Waals surface area contributed by atoms with Crippen molar-refractivity contribution in [3.63, 3.8) is 0 Å². The molecule has 2 aromatic rings. The third kappa shape index (κ3) is 2.45. The van der Waals surface area contributed by atoms with Crippen LogP contribution in [0.15, 0.2) is 24.3 Å². The number of hydrogen-bond donors (Lipinski definition) is 1. The Kier molecular flexibility index (Phi) is 3.78. The lowest BCUT2D eigenvalue weighted by Crippen LogP contribution is -2.34. The largest absolute Gasteiger partial charge is 0.312 e. The van der Waals surface area contributed by atoms with Gasteiger partial charge in [0.05, 0.1) is 6.04 Å². The third-order valence-corrected chi connectivity index (χ3v) is 3.78. The average molecular weight is 274 g/mol. The maximum Gasteiger partial charge on any atom is 0.150 e. The number of nitrogens with zero attached hydrogens (tertiary/aromatic N) is 3. The molecule has 0 saturated heterocycles. The molecule has 0 saturated carbocycles. The number of aromatic nitrogens is 3. The highest BCUT2D eigenvalue weighted by Crippen LogP contribution is 2.22. The van der Waals surface area contributed by atoms with E-state index in [1.807, 2.05) is 12.1 Å². The van der Waals surface area contributed by atoms with Gasteiger partial charge in [-0.05, 0) is 18.1 Å². The summed E-state index contributed by atoms with van der Waals surface area (Å²) in [5, 5.41) is 12.1. The molecular weight excluding hydrogens is 255 g/mol. The summed E-state index contributed by atoms with van der Waals surface area (Å²) in [5.74, 6) is 1.67. The van der Waals surface area contributed by atoms with Gasteiger partial charge in [-0.3, -0.25) is 0 Å². The van der Waals surface area contributed by atoms with Crippen molar-refractivity contribution in [3.05, 3.63) is 47.3 Å². The van der Waals surface area contributed by atoms with E-state index in [-0.39, 0.29) is 11.9 Å². The molecule has 5 heteroatoms. The Morgan fingerprint density at radius 2 is 2.20 bits per heavy atom. The van der Waals surface area contributed by atoms with Crippen molar-refractivity contribution in [2.75, 3.05) is 6.54 Å². The van der Waals surface area contributed by atoms with E-state index >= 15 is 0 Å². The molecule has 1 aromatic carbocycles. The fourth-order valence-electron chi connectivity index (χ4n) is 2.76. The molecule has 1 aliphatic rings. The number of fused-ring (bicyclic) bond motifs is 1. The minimum atomic E-state index is -0.177. The highest BCUT2D eigenvalue weighted by molar-refractivity contribution is 5.22. The molecule has 0 spiro atoms. The molecule has 0 radical (unpaired) electrons. The summed E-state index contributed by atoms with van der Waals surface area (Å²) >= 11 is 0. The van der Waals surface area contributed by atoms with Crippen molar-refractivity contribution in [2.45, 2.75) is 38.8 Å². The predicted octanol–water partition coefficient (Wildman–Crippen LogP) is 2.45. The number of rotatable bonds is 4. The minimum Gasteiger partial charge on any atom is -0.312 e. The van der Waals surface area contributed by atoms with Gasteiger partial charge in [0.15, 0.2) is 0 Å². The average Bonchev–Trinajstić information content (AvgIpc) is 2.86. The van der Waals surface area contributed by atoms with Crippen LogP contribution < -0.4 is 5.32 Å². The zero-order valence-corrected chi connectivity index (χ0v) is 11.6. The second-order valence-electron chi connectivity index (χ2n) is 5.19. The smallest absolute Gasteiger partial charge is 0.150 e. The van der Waals surface area contributed by atoms with E-state index in [2.05, 4.69) is 27.0 Å². The van der Waals surface area contributed by atoms with Gasteiger partial charge in [-0.25, -0.2) is 4.39 Å². The van der Waals surface area contributed by atoms with Crippen molar-refractivity contribution in [2.24, 2.45) is 0 Å². The Morgan fingerprint density at radius 1 is 1.35 bits per heavy atom. The molecule has 20 heavy (non-hydrogen) atoms. The second kappa shape index (κ2) is 5.71. The molecule has 0 aliphatic carbocycles. The highest BCUT2D eigenvalue weighted by atomic mass is 19.1. The van der Waals surface area contributed by atoms with Gasteiger partial charge in [-0.15, -0.1) is 10.2 Å². The van der Waals surface area contributed by atoms with Crippen LogP contribution in [0.4, 0.5) is 4.39 Å². The molecule has 0 bridgehead atoms. The molecular formula is C15H19FN4. The number of hydrogen-bond acceptors (Lipinski definition) is 3. The Bertz CT molecular complexity index is 593. The standard InChI is InChI=1S/C15H19FN4/c1-2-5-13-15-19-18-14(20(15)9-8-17-13)10-11-6-3-4-7-12(11)16/h3-4,6-7,13,17H,2,5,8-10H2,1H3. The topological polar surface area (TPSA) is 42.7 Å². The van der Waals surface area contributed by atoms with Crippen LogP contribution >= 0.6 is 0 Å². The zero-order valence-electron chi connectivity index (χ0n) is 11.6. The molecule has 1 aromatic heterocycles. The molecule has 106 valence electrons. The first-order chi connectivity index (χ1) is 9.79. The van der Waals surface area contributed by atoms with Crippen LogP contribution in [0.2, 0.25) is 0 Å². The van der Waals surface area contributed by atoms with Crippen LogP contribution in [-0.2, 0) is 13.0 Å². The molecule has 1 atom stereocenters. The second-order valence-corrected chi connectivity index (χ2v) is 5.19. The Balaban J connectivity index is 1.87. The normalized spacial score (nSPS) is 18.0. The molecule has 1 N–H and O–H groups in total. The number of halogens is 1. The molecule has 1 aliphatic heterocycles. The fraction of sp³-hybridized carbons (Fsp3) is 0.467. The lowest BCUT2D eigenvalue weighted by molar-refractivity contribution is 0.388.